The summed E-state index contributed by atoms with van der Waals surface area (Å²) in [6.07, 6.45) is 3.52. The molecule has 0 amide bonds. The Morgan fingerprint density at radius 2 is 1.89 bits per heavy atom. The van der Waals surface area contributed by atoms with Gasteiger partial charge in [0, 0.05) is 23.3 Å². The molecule has 4 nitrogen and oxygen atoms in total. The van der Waals surface area contributed by atoms with Crippen molar-refractivity contribution in [2.75, 3.05) is 5.43 Å². The van der Waals surface area contributed by atoms with E-state index in [-0.39, 0.29) is 0 Å². The fraction of sp³-hybridized carbons (Fsp3) is 0. The minimum absolute atomic E-state index is 0.834. The van der Waals surface area contributed by atoms with Crippen LogP contribution in [0.15, 0.2) is 54.9 Å². The number of aromatic nitrogens is 2. The van der Waals surface area contributed by atoms with Gasteiger partial charge < -0.3 is 5.43 Å². The van der Waals surface area contributed by atoms with Crippen molar-refractivity contribution in [3.8, 4) is 11.3 Å². The zero-order chi connectivity index (χ0) is 12.4. The number of anilines is 1. The molecule has 0 aliphatic carbocycles. The van der Waals surface area contributed by atoms with Crippen molar-refractivity contribution < 1.29 is 0 Å². The van der Waals surface area contributed by atoms with Gasteiger partial charge in [-0.2, -0.15) is 0 Å². The smallest absolute Gasteiger partial charge is 0.0723 e. The maximum atomic E-state index is 5.40. The van der Waals surface area contributed by atoms with Crippen LogP contribution in [0, 0.1) is 0 Å². The lowest BCUT2D eigenvalue weighted by Gasteiger charge is -2.05. The van der Waals surface area contributed by atoms with E-state index in [0.717, 1.165) is 27.8 Å². The first-order valence-corrected chi connectivity index (χ1v) is 5.65. The predicted octanol–water partition coefficient (Wildman–Crippen LogP) is 2.58. The van der Waals surface area contributed by atoms with Crippen molar-refractivity contribution in [1.29, 1.82) is 0 Å². The van der Waals surface area contributed by atoms with Gasteiger partial charge in [0.15, 0.2) is 0 Å². The van der Waals surface area contributed by atoms with Gasteiger partial charge in [0.1, 0.15) is 0 Å². The van der Waals surface area contributed by atoms with Crippen molar-refractivity contribution in [1.82, 2.24) is 9.97 Å². The SMILES string of the molecule is NNc1ccnc(-c2ccc3cccnc3c2)c1. The maximum Gasteiger partial charge on any atom is 0.0723 e. The largest absolute Gasteiger partial charge is 0.324 e. The van der Waals surface area contributed by atoms with E-state index < -0.39 is 0 Å². The van der Waals surface area contributed by atoms with Crippen LogP contribution in [-0.2, 0) is 0 Å². The quantitative estimate of drug-likeness (QED) is 0.530. The summed E-state index contributed by atoms with van der Waals surface area (Å²) in [5.41, 5.74) is 6.31. The minimum Gasteiger partial charge on any atom is -0.324 e. The molecule has 0 aliphatic rings. The molecule has 3 rings (SSSR count). The number of benzene rings is 1. The highest BCUT2D eigenvalue weighted by molar-refractivity contribution is 5.83. The van der Waals surface area contributed by atoms with Gasteiger partial charge in [-0.05, 0) is 24.3 Å². The molecule has 0 aliphatic heterocycles. The second-order valence-corrected chi connectivity index (χ2v) is 3.98. The fourth-order valence-corrected chi connectivity index (χ4v) is 1.90. The summed E-state index contributed by atoms with van der Waals surface area (Å²) < 4.78 is 0. The summed E-state index contributed by atoms with van der Waals surface area (Å²) >= 11 is 0. The highest BCUT2D eigenvalue weighted by Gasteiger charge is 2.02. The molecule has 0 unspecified atom stereocenters. The second-order valence-electron chi connectivity index (χ2n) is 3.98. The number of hydrogen-bond acceptors (Lipinski definition) is 4. The van der Waals surface area contributed by atoms with Crippen LogP contribution >= 0.6 is 0 Å². The molecule has 3 N–H and O–H groups in total. The standard InChI is InChI=1S/C14H12N4/c15-18-12-5-7-17-14(9-12)11-4-3-10-2-1-6-16-13(10)8-11/h1-9H,15H2,(H,17,18). The minimum atomic E-state index is 0.834. The number of nitrogens with one attached hydrogen (secondary N) is 1. The molecule has 0 radical (unpaired) electrons. The average Bonchev–Trinajstić information content (AvgIpc) is 2.47. The fourth-order valence-electron chi connectivity index (χ4n) is 1.90. The molecule has 0 saturated carbocycles. The molecule has 0 bridgehead atoms. The number of hydrogen-bond donors (Lipinski definition) is 2. The summed E-state index contributed by atoms with van der Waals surface area (Å²) in [6, 6.07) is 13.8. The molecule has 2 heterocycles. The van der Waals surface area contributed by atoms with Gasteiger partial charge in [0.2, 0.25) is 0 Å². The van der Waals surface area contributed by atoms with Crippen molar-refractivity contribution in [3.63, 3.8) is 0 Å². The van der Waals surface area contributed by atoms with Gasteiger partial charge in [0.25, 0.3) is 0 Å². The zero-order valence-corrected chi connectivity index (χ0v) is 9.67. The van der Waals surface area contributed by atoms with E-state index >= 15 is 0 Å². The van der Waals surface area contributed by atoms with Gasteiger partial charge in [-0.15, -0.1) is 0 Å². The molecule has 0 atom stereocenters. The first-order chi connectivity index (χ1) is 8.86. The lowest BCUT2D eigenvalue weighted by Crippen LogP contribution is -2.06. The van der Waals surface area contributed by atoms with Crippen LogP contribution in [0.4, 0.5) is 5.69 Å². The Balaban J connectivity index is 2.13. The third kappa shape index (κ3) is 1.89. The Morgan fingerprint density at radius 1 is 0.944 bits per heavy atom. The third-order valence-electron chi connectivity index (χ3n) is 2.83. The number of rotatable bonds is 2. The Morgan fingerprint density at radius 3 is 2.78 bits per heavy atom. The monoisotopic (exact) mass is 236 g/mol. The van der Waals surface area contributed by atoms with Gasteiger partial charge in [-0.25, -0.2) is 0 Å². The van der Waals surface area contributed by atoms with Crippen LogP contribution in [0.1, 0.15) is 0 Å². The van der Waals surface area contributed by atoms with Crippen molar-refractivity contribution in [3.05, 3.63) is 54.9 Å². The topological polar surface area (TPSA) is 63.8 Å². The summed E-state index contributed by atoms with van der Waals surface area (Å²) in [4.78, 5) is 8.68. The van der Waals surface area contributed by atoms with E-state index in [1.54, 1.807) is 12.4 Å². The summed E-state index contributed by atoms with van der Waals surface area (Å²) in [6.45, 7) is 0. The Bertz CT molecular complexity index is 694. The molecular formula is C14H12N4. The number of hydrazine groups is 1. The van der Waals surface area contributed by atoms with Gasteiger partial charge >= 0.3 is 0 Å². The second kappa shape index (κ2) is 4.43. The van der Waals surface area contributed by atoms with E-state index in [1.165, 1.54) is 0 Å². The van der Waals surface area contributed by atoms with E-state index in [2.05, 4.69) is 15.4 Å². The highest BCUT2D eigenvalue weighted by Crippen LogP contribution is 2.23. The van der Waals surface area contributed by atoms with Crippen LogP contribution in [0.2, 0.25) is 0 Å². The van der Waals surface area contributed by atoms with Crippen LogP contribution in [0.25, 0.3) is 22.2 Å². The molecule has 0 fully saturated rings. The first-order valence-electron chi connectivity index (χ1n) is 5.65. The predicted molar refractivity (Wildman–Crippen MR) is 72.8 cm³/mol. The molecule has 4 heteroatoms. The van der Waals surface area contributed by atoms with Crippen molar-refractivity contribution in [2.45, 2.75) is 0 Å². The molecule has 88 valence electrons. The van der Waals surface area contributed by atoms with Gasteiger partial charge in [-0.3, -0.25) is 15.8 Å². The molecule has 0 spiro atoms. The number of nitrogens with two attached hydrogens (primary N) is 1. The highest BCUT2D eigenvalue weighted by atomic mass is 15.2. The third-order valence-corrected chi connectivity index (χ3v) is 2.83. The molecule has 3 aromatic rings. The molecule has 18 heavy (non-hydrogen) atoms. The lowest BCUT2D eigenvalue weighted by molar-refractivity contribution is 1.28. The summed E-state index contributed by atoms with van der Waals surface area (Å²) in [7, 11) is 0. The van der Waals surface area contributed by atoms with E-state index in [0.29, 0.717) is 0 Å². The number of pyridine rings is 2. The molecule has 1 aromatic carbocycles. The van der Waals surface area contributed by atoms with Crippen LogP contribution < -0.4 is 11.3 Å². The van der Waals surface area contributed by atoms with Crippen LogP contribution in [-0.4, -0.2) is 9.97 Å². The van der Waals surface area contributed by atoms with E-state index in [9.17, 15) is 0 Å². The normalized spacial score (nSPS) is 10.5. The molecule has 2 aromatic heterocycles. The number of nitrogen functional groups attached to an aromatic ring is 1. The van der Waals surface area contributed by atoms with Crippen molar-refractivity contribution >= 4 is 16.6 Å². The maximum absolute atomic E-state index is 5.40. The van der Waals surface area contributed by atoms with Crippen LogP contribution in [0.5, 0.6) is 0 Å². The van der Waals surface area contributed by atoms with Gasteiger partial charge in [0.05, 0.1) is 16.9 Å². The summed E-state index contributed by atoms with van der Waals surface area (Å²) in [5, 5.41) is 1.12. The zero-order valence-electron chi connectivity index (χ0n) is 9.67. The Hall–Kier alpha value is -2.46. The average molecular weight is 236 g/mol. The first kappa shape index (κ1) is 10.7. The lowest BCUT2D eigenvalue weighted by atomic mass is 10.1. The number of nitrogens with zero attached hydrogens (tertiary/aromatic N) is 2. The molecular weight excluding hydrogens is 224 g/mol. The number of fused-ring (bicyclic) bond motifs is 1. The van der Waals surface area contributed by atoms with Crippen LogP contribution in [0.3, 0.4) is 0 Å². The summed E-state index contributed by atoms with van der Waals surface area (Å²) in [5.74, 6) is 5.40. The molecule has 0 saturated heterocycles. The van der Waals surface area contributed by atoms with Crippen molar-refractivity contribution in [2.24, 2.45) is 5.84 Å². The van der Waals surface area contributed by atoms with E-state index in [1.807, 2.05) is 42.5 Å². The van der Waals surface area contributed by atoms with E-state index in [4.69, 9.17) is 5.84 Å². The Kier molecular flexibility index (Phi) is 2.63. The van der Waals surface area contributed by atoms with Gasteiger partial charge in [-0.1, -0.05) is 18.2 Å². The Labute approximate surface area is 104 Å².